The molecule has 0 spiro atoms. The Kier molecular flexibility index (Phi) is 9.03. The first-order chi connectivity index (χ1) is 18.8. The lowest BCUT2D eigenvalue weighted by molar-refractivity contribution is -0.127. The molecule has 0 saturated heterocycles. The minimum Gasteiger partial charge on any atom is -0.493 e. The SMILES string of the molecule is COc1ccc(C(C(=O)NC2CCCCC2)N(Cc2ccccc2)C(=O)c2snc(C(N)=O)c2N)cc1OC. The number of primary amides is 1. The van der Waals surface area contributed by atoms with E-state index in [-0.39, 0.29) is 34.8 Å². The molecular formula is C28H33N5O5S. The molecule has 2 aromatic carbocycles. The summed E-state index contributed by atoms with van der Waals surface area (Å²) >= 11 is 0.782. The van der Waals surface area contributed by atoms with E-state index in [4.69, 9.17) is 20.9 Å². The second kappa shape index (κ2) is 12.6. The smallest absolute Gasteiger partial charge is 0.270 e. The van der Waals surface area contributed by atoms with Crippen molar-refractivity contribution in [3.63, 3.8) is 0 Å². The van der Waals surface area contributed by atoms with E-state index >= 15 is 0 Å². The number of anilines is 1. The molecule has 0 aliphatic heterocycles. The number of carbonyl (C=O) groups excluding carboxylic acids is 3. The molecule has 11 heteroatoms. The Labute approximate surface area is 231 Å². The number of nitrogens with zero attached hydrogens (tertiary/aromatic N) is 2. The van der Waals surface area contributed by atoms with Crippen molar-refractivity contribution >= 4 is 34.9 Å². The number of rotatable bonds is 10. The fraction of sp³-hybridized carbons (Fsp3) is 0.357. The standard InChI is InChI=1S/C28H33N5O5S/c1-37-20-14-13-18(15-21(20)38-2)24(27(35)31-19-11-7-4-8-12-19)33(16-17-9-5-3-6-10-17)28(36)25-22(29)23(26(30)34)32-39-25/h3,5-6,9-10,13-15,19,24H,4,7-8,11-12,16,29H2,1-2H3,(H2,30,34)(H,31,35). The van der Waals surface area contributed by atoms with Crippen LogP contribution in [0.4, 0.5) is 5.69 Å². The van der Waals surface area contributed by atoms with Gasteiger partial charge in [-0.1, -0.05) is 55.7 Å². The molecule has 1 aliphatic carbocycles. The normalized spacial score (nSPS) is 14.3. The zero-order valence-corrected chi connectivity index (χ0v) is 22.8. The molecule has 3 aromatic rings. The number of aromatic nitrogens is 1. The molecule has 1 fully saturated rings. The number of nitrogens with one attached hydrogen (secondary N) is 1. The number of ether oxygens (including phenoxy) is 2. The summed E-state index contributed by atoms with van der Waals surface area (Å²) in [6, 6.07) is 13.4. The van der Waals surface area contributed by atoms with Gasteiger partial charge in [0.15, 0.2) is 17.2 Å². The maximum Gasteiger partial charge on any atom is 0.270 e. The molecule has 5 N–H and O–H groups in total. The van der Waals surface area contributed by atoms with Gasteiger partial charge in [0.25, 0.3) is 11.8 Å². The highest BCUT2D eigenvalue weighted by molar-refractivity contribution is 7.09. The molecule has 10 nitrogen and oxygen atoms in total. The van der Waals surface area contributed by atoms with E-state index in [1.165, 1.54) is 19.1 Å². The average Bonchev–Trinajstić information content (AvgIpc) is 3.34. The van der Waals surface area contributed by atoms with Crippen LogP contribution in [0.1, 0.15) is 69.4 Å². The van der Waals surface area contributed by atoms with E-state index in [9.17, 15) is 14.4 Å². The molecule has 0 radical (unpaired) electrons. The van der Waals surface area contributed by atoms with Gasteiger partial charge >= 0.3 is 0 Å². The van der Waals surface area contributed by atoms with Crippen LogP contribution in [0.15, 0.2) is 48.5 Å². The fourth-order valence-electron chi connectivity index (χ4n) is 4.84. The van der Waals surface area contributed by atoms with Crippen LogP contribution in [0, 0.1) is 0 Å². The minimum absolute atomic E-state index is 0.0116. The van der Waals surface area contributed by atoms with Crippen LogP contribution >= 0.6 is 11.5 Å². The largest absolute Gasteiger partial charge is 0.493 e. The molecule has 1 heterocycles. The van der Waals surface area contributed by atoms with Crippen LogP contribution in [-0.2, 0) is 11.3 Å². The Hall–Kier alpha value is -4.12. The summed E-state index contributed by atoms with van der Waals surface area (Å²) in [4.78, 5) is 41.5. The van der Waals surface area contributed by atoms with E-state index in [0.717, 1.165) is 49.2 Å². The highest BCUT2D eigenvalue weighted by Crippen LogP contribution is 2.35. The molecule has 1 saturated carbocycles. The Balaban J connectivity index is 1.82. The number of carbonyl (C=O) groups is 3. The van der Waals surface area contributed by atoms with Crippen LogP contribution in [-0.4, -0.2) is 47.3 Å². The predicted octanol–water partition coefficient (Wildman–Crippen LogP) is 3.67. The number of nitrogens with two attached hydrogens (primary N) is 2. The Morgan fingerprint density at radius 1 is 1.05 bits per heavy atom. The van der Waals surface area contributed by atoms with Gasteiger partial charge < -0.3 is 31.2 Å². The Morgan fingerprint density at radius 2 is 1.74 bits per heavy atom. The molecule has 4 rings (SSSR count). The van der Waals surface area contributed by atoms with Gasteiger partial charge in [-0.3, -0.25) is 14.4 Å². The first-order valence-electron chi connectivity index (χ1n) is 12.8. The van der Waals surface area contributed by atoms with Gasteiger partial charge in [-0.15, -0.1) is 0 Å². The van der Waals surface area contributed by atoms with E-state index < -0.39 is 17.9 Å². The first kappa shape index (κ1) is 27.9. The molecule has 1 aromatic heterocycles. The topological polar surface area (TPSA) is 150 Å². The lowest BCUT2D eigenvalue weighted by atomic mass is 9.94. The lowest BCUT2D eigenvalue weighted by Crippen LogP contribution is -2.46. The van der Waals surface area contributed by atoms with Gasteiger partial charge in [-0.2, -0.15) is 4.37 Å². The molecule has 1 atom stereocenters. The highest BCUT2D eigenvalue weighted by atomic mass is 32.1. The summed E-state index contributed by atoms with van der Waals surface area (Å²) in [5.74, 6) is -0.780. The number of hydrogen-bond donors (Lipinski definition) is 3. The van der Waals surface area contributed by atoms with Crippen molar-refractivity contribution in [1.29, 1.82) is 0 Å². The summed E-state index contributed by atoms with van der Waals surface area (Å²) in [5.41, 5.74) is 12.6. The van der Waals surface area contributed by atoms with Gasteiger partial charge in [-0.25, -0.2) is 0 Å². The summed E-state index contributed by atoms with van der Waals surface area (Å²) in [6.07, 6.45) is 4.95. The van der Waals surface area contributed by atoms with Crippen molar-refractivity contribution in [1.82, 2.24) is 14.6 Å². The lowest BCUT2D eigenvalue weighted by Gasteiger charge is -2.33. The number of amides is 3. The van der Waals surface area contributed by atoms with Crippen molar-refractivity contribution in [2.45, 2.75) is 50.7 Å². The third-order valence-corrected chi connectivity index (χ3v) is 7.70. The van der Waals surface area contributed by atoms with Crippen LogP contribution in [0.2, 0.25) is 0 Å². The second-order valence-electron chi connectivity index (χ2n) is 9.42. The van der Waals surface area contributed by atoms with Gasteiger partial charge in [-0.05, 0) is 47.6 Å². The van der Waals surface area contributed by atoms with Gasteiger partial charge in [0, 0.05) is 12.6 Å². The van der Waals surface area contributed by atoms with E-state index in [0.29, 0.717) is 17.1 Å². The Bertz CT molecular complexity index is 1320. The predicted molar refractivity (Wildman–Crippen MR) is 149 cm³/mol. The number of hydrogen-bond acceptors (Lipinski definition) is 8. The van der Waals surface area contributed by atoms with E-state index in [2.05, 4.69) is 9.69 Å². The average molecular weight is 552 g/mol. The van der Waals surface area contributed by atoms with Crippen molar-refractivity contribution in [3.05, 3.63) is 70.2 Å². The van der Waals surface area contributed by atoms with Crippen molar-refractivity contribution < 1.29 is 23.9 Å². The first-order valence-corrected chi connectivity index (χ1v) is 13.5. The van der Waals surface area contributed by atoms with Gasteiger partial charge in [0.05, 0.1) is 19.9 Å². The monoisotopic (exact) mass is 551 g/mol. The van der Waals surface area contributed by atoms with E-state index in [1.54, 1.807) is 18.2 Å². The van der Waals surface area contributed by atoms with Crippen LogP contribution in [0.5, 0.6) is 11.5 Å². The van der Waals surface area contributed by atoms with Gasteiger partial charge in [0.1, 0.15) is 10.9 Å². The zero-order valence-electron chi connectivity index (χ0n) is 22.0. The van der Waals surface area contributed by atoms with Crippen LogP contribution in [0.25, 0.3) is 0 Å². The molecule has 206 valence electrons. The Morgan fingerprint density at radius 3 is 2.36 bits per heavy atom. The third-order valence-electron chi connectivity index (χ3n) is 6.85. The quantitative estimate of drug-likeness (QED) is 0.348. The second-order valence-corrected chi connectivity index (χ2v) is 10.2. The maximum atomic E-state index is 14.1. The summed E-state index contributed by atoms with van der Waals surface area (Å²) in [5, 5.41) is 3.17. The summed E-state index contributed by atoms with van der Waals surface area (Å²) in [7, 11) is 3.04. The molecular weight excluding hydrogens is 518 g/mol. The molecule has 1 aliphatic rings. The van der Waals surface area contributed by atoms with Crippen LogP contribution in [0.3, 0.4) is 0 Å². The molecule has 39 heavy (non-hydrogen) atoms. The van der Waals surface area contributed by atoms with Crippen molar-refractivity contribution in [2.75, 3.05) is 20.0 Å². The minimum atomic E-state index is -1.04. The maximum absolute atomic E-state index is 14.1. The zero-order chi connectivity index (χ0) is 27.9. The van der Waals surface area contributed by atoms with Crippen LogP contribution < -0.4 is 26.3 Å². The molecule has 3 amide bonds. The summed E-state index contributed by atoms with van der Waals surface area (Å²) in [6.45, 7) is 0.0972. The summed E-state index contributed by atoms with van der Waals surface area (Å²) < 4.78 is 14.9. The van der Waals surface area contributed by atoms with Crippen molar-refractivity contribution in [2.24, 2.45) is 5.73 Å². The number of methoxy groups -OCH3 is 2. The number of benzene rings is 2. The van der Waals surface area contributed by atoms with Crippen molar-refractivity contribution in [3.8, 4) is 11.5 Å². The number of nitrogen functional groups attached to an aromatic ring is 1. The molecule has 1 unspecified atom stereocenters. The third kappa shape index (κ3) is 6.31. The van der Waals surface area contributed by atoms with E-state index in [1.807, 2.05) is 30.3 Å². The van der Waals surface area contributed by atoms with Gasteiger partial charge in [0.2, 0.25) is 5.91 Å². The fourth-order valence-corrected chi connectivity index (χ4v) is 5.60. The highest BCUT2D eigenvalue weighted by Gasteiger charge is 2.36. The molecule has 0 bridgehead atoms.